The summed E-state index contributed by atoms with van der Waals surface area (Å²) in [5.41, 5.74) is 0.486. The van der Waals surface area contributed by atoms with Crippen LogP contribution in [0.4, 0.5) is 0 Å². The van der Waals surface area contributed by atoms with Gasteiger partial charge in [0.15, 0.2) is 4.34 Å². The van der Waals surface area contributed by atoms with Gasteiger partial charge in [0.25, 0.3) is 0 Å². The summed E-state index contributed by atoms with van der Waals surface area (Å²) >= 11 is 3.08. The summed E-state index contributed by atoms with van der Waals surface area (Å²) in [6.07, 6.45) is 2.16. The van der Waals surface area contributed by atoms with Gasteiger partial charge in [0.05, 0.1) is 27.6 Å². The molecular formula is C16H20N2O2S2. The van der Waals surface area contributed by atoms with Crippen LogP contribution in [0.5, 0.6) is 0 Å². The third-order valence-corrected chi connectivity index (χ3v) is 6.37. The van der Waals surface area contributed by atoms with Crippen LogP contribution in [0.25, 0.3) is 10.2 Å². The van der Waals surface area contributed by atoms with Crippen LogP contribution in [0.1, 0.15) is 26.7 Å². The minimum Gasteiger partial charge on any atom is -0.394 e. The van der Waals surface area contributed by atoms with Crippen LogP contribution in [0.2, 0.25) is 0 Å². The van der Waals surface area contributed by atoms with Crippen molar-refractivity contribution in [1.29, 1.82) is 0 Å². The minimum absolute atomic E-state index is 0.0120. The van der Waals surface area contributed by atoms with Gasteiger partial charge in [-0.15, -0.1) is 11.3 Å². The molecule has 0 aliphatic heterocycles. The van der Waals surface area contributed by atoms with E-state index in [1.54, 1.807) is 11.3 Å². The van der Waals surface area contributed by atoms with Gasteiger partial charge in [-0.25, -0.2) is 4.98 Å². The van der Waals surface area contributed by atoms with Gasteiger partial charge in [0, 0.05) is 0 Å². The Labute approximate surface area is 138 Å². The van der Waals surface area contributed by atoms with E-state index in [0.717, 1.165) is 27.4 Å². The number of carbonyl (C=O) groups excluding carboxylic acids is 1. The molecule has 0 spiro atoms. The van der Waals surface area contributed by atoms with Gasteiger partial charge < -0.3 is 10.4 Å². The normalized spacial score (nSPS) is 18.9. The molecule has 0 bridgehead atoms. The zero-order valence-electron chi connectivity index (χ0n) is 12.7. The number of amides is 1. The number of rotatable bonds is 6. The Balaban J connectivity index is 1.65. The van der Waals surface area contributed by atoms with E-state index < -0.39 is 5.54 Å². The number of para-hydroxylation sites is 1. The second kappa shape index (κ2) is 6.18. The summed E-state index contributed by atoms with van der Waals surface area (Å²) < 4.78 is 2.04. The van der Waals surface area contributed by atoms with Gasteiger partial charge in [-0.3, -0.25) is 4.79 Å². The number of aromatic nitrogens is 1. The largest absolute Gasteiger partial charge is 0.394 e. The number of aliphatic hydroxyl groups is 1. The number of nitrogens with zero attached hydrogens (tertiary/aromatic N) is 1. The van der Waals surface area contributed by atoms with E-state index in [1.165, 1.54) is 11.8 Å². The lowest BCUT2D eigenvalue weighted by Gasteiger charge is -2.30. The molecule has 2 aromatic rings. The second-order valence-electron chi connectivity index (χ2n) is 6.05. The Hall–Kier alpha value is -1.11. The summed E-state index contributed by atoms with van der Waals surface area (Å²) in [4.78, 5) is 17.0. The standard InChI is InChI=1S/C16H20N2O2S2/c1-10(14(20)18-16(2,9-19)11-7-8-11)21-15-17-12-5-3-4-6-13(12)22-15/h3-6,10-11,19H,7-9H2,1-2H3,(H,18,20). The van der Waals surface area contributed by atoms with E-state index in [-0.39, 0.29) is 17.8 Å². The number of thioether (sulfide) groups is 1. The number of nitrogens with one attached hydrogen (secondary N) is 1. The van der Waals surface area contributed by atoms with Crippen molar-refractivity contribution in [2.45, 2.75) is 41.8 Å². The predicted molar refractivity (Wildman–Crippen MR) is 91.3 cm³/mol. The Morgan fingerprint density at radius 1 is 1.55 bits per heavy atom. The van der Waals surface area contributed by atoms with Crippen molar-refractivity contribution in [3.05, 3.63) is 24.3 Å². The number of benzene rings is 1. The van der Waals surface area contributed by atoms with Crippen LogP contribution in [-0.2, 0) is 4.79 Å². The molecule has 2 atom stereocenters. The smallest absolute Gasteiger partial charge is 0.233 e. The molecule has 2 N–H and O–H groups in total. The molecule has 1 fully saturated rings. The highest BCUT2D eigenvalue weighted by atomic mass is 32.2. The van der Waals surface area contributed by atoms with Crippen molar-refractivity contribution >= 4 is 39.2 Å². The first-order chi connectivity index (χ1) is 10.5. The van der Waals surface area contributed by atoms with E-state index in [9.17, 15) is 9.90 Å². The fraction of sp³-hybridized carbons (Fsp3) is 0.500. The topological polar surface area (TPSA) is 62.2 Å². The predicted octanol–water partition coefficient (Wildman–Crippen LogP) is 3.05. The van der Waals surface area contributed by atoms with Crippen molar-refractivity contribution in [2.75, 3.05) is 6.61 Å². The van der Waals surface area contributed by atoms with Crippen LogP contribution in [0.3, 0.4) is 0 Å². The molecule has 1 aliphatic rings. The molecule has 1 aromatic heterocycles. The van der Waals surface area contributed by atoms with E-state index in [0.29, 0.717) is 5.92 Å². The highest BCUT2D eigenvalue weighted by Crippen LogP contribution is 2.39. The fourth-order valence-corrected chi connectivity index (χ4v) is 4.69. The van der Waals surface area contributed by atoms with E-state index in [4.69, 9.17) is 0 Å². The molecular weight excluding hydrogens is 316 g/mol. The molecule has 4 nitrogen and oxygen atoms in total. The van der Waals surface area contributed by atoms with Crippen molar-refractivity contribution in [3.8, 4) is 0 Å². The maximum atomic E-state index is 12.4. The summed E-state index contributed by atoms with van der Waals surface area (Å²) in [6, 6.07) is 7.98. The maximum Gasteiger partial charge on any atom is 0.233 e. The fourth-order valence-electron chi connectivity index (χ4n) is 2.48. The number of hydrogen-bond donors (Lipinski definition) is 2. The lowest BCUT2D eigenvalue weighted by atomic mass is 9.97. The summed E-state index contributed by atoms with van der Waals surface area (Å²) in [6.45, 7) is 3.80. The monoisotopic (exact) mass is 336 g/mol. The molecule has 1 aliphatic carbocycles. The second-order valence-corrected chi connectivity index (χ2v) is 8.67. The first-order valence-electron chi connectivity index (χ1n) is 7.47. The molecule has 2 unspecified atom stereocenters. The SMILES string of the molecule is CC(Sc1nc2ccccc2s1)C(=O)NC(C)(CO)C1CC1. The Morgan fingerprint density at radius 3 is 2.91 bits per heavy atom. The van der Waals surface area contributed by atoms with Gasteiger partial charge in [-0.2, -0.15) is 0 Å². The van der Waals surface area contributed by atoms with Gasteiger partial charge in [0.1, 0.15) is 0 Å². The van der Waals surface area contributed by atoms with Crippen molar-refractivity contribution < 1.29 is 9.90 Å². The number of carbonyl (C=O) groups is 1. The summed E-state index contributed by atoms with van der Waals surface area (Å²) in [5.74, 6) is 0.369. The molecule has 1 aromatic carbocycles. The van der Waals surface area contributed by atoms with Crippen LogP contribution >= 0.6 is 23.1 Å². The molecule has 6 heteroatoms. The Morgan fingerprint density at radius 2 is 2.27 bits per heavy atom. The van der Waals surface area contributed by atoms with Crippen LogP contribution in [-0.4, -0.2) is 33.4 Å². The Bertz CT molecular complexity index is 651. The Kier molecular flexibility index (Phi) is 4.43. The van der Waals surface area contributed by atoms with Crippen LogP contribution < -0.4 is 5.32 Å². The van der Waals surface area contributed by atoms with Crippen molar-refractivity contribution in [1.82, 2.24) is 10.3 Å². The molecule has 1 heterocycles. The minimum atomic E-state index is -0.487. The van der Waals surface area contributed by atoms with Crippen molar-refractivity contribution in [3.63, 3.8) is 0 Å². The highest BCUT2D eigenvalue weighted by Gasteiger charge is 2.42. The van der Waals surface area contributed by atoms with E-state index in [1.807, 2.05) is 38.1 Å². The number of hydrogen-bond acceptors (Lipinski definition) is 5. The molecule has 1 amide bonds. The third kappa shape index (κ3) is 3.29. The van der Waals surface area contributed by atoms with Gasteiger partial charge in [-0.1, -0.05) is 23.9 Å². The number of aliphatic hydroxyl groups excluding tert-OH is 1. The lowest BCUT2D eigenvalue weighted by Crippen LogP contribution is -2.52. The lowest BCUT2D eigenvalue weighted by molar-refractivity contribution is -0.122. The molecule has 0 saturated heterocycles. The van der Waals surface area contributed by atoms with Crippen molar-refractivity contribution in [2.24, 2.45) is 5.92 Å². The summed E-state index contributed by atoms with van der Waals surface area (Å²) in [7, 11) is 0. The van der Waals surface area contributed by atoms with E-state index >= 15 is 0 Å². The van der Waals surface area contributed by atoms with Gasteiger partial charge in [0.2, 0.25) is 5.91 Å². The molecule has 118 valence electrons. The quantitative estimate of drug-likeness (QED) is 0.796. The molecule has 22 heavy (non-hydrogen) atoms. The van der Waals surface area contributed by atoms with E-state index in [2.05, 4.69) is 10.3 Å². The zero-order chi connectivity index (χ0) is 15.7. The maximum absolute atomic E-state index is 12.4. The average Bonchev–Trinajstić information content (AvgIpc) is 3.28. The highest BCUT2D eigenvalue weighted by molar-refractivity contribution is 8.02. The first kappa shape index (κ1) is 15.8. The first-order valence-corrected chi connectivity index (χ1v) is 9.16. The summed E-state index contributed by atoms with van der Waals surface area (Å²) in [5, 5.41) is 12.4. The zero-order valence-corrected chi connectivity index (χ0v) is 14.3. The third-order valence-electron chi connectivity index (χ3n) is 4.14. The van der Waals surface area contributed by atoms with Crippen LogP contribution in [0, 0.1) is 5.92 Å². The van der Waals surface area contributed by atoms with Gasteiger partial charge in [-0.05, 0) is 44.7 Å². The average molecular weight is 336 g/mol. The number of thiazole rings is 1. The molecule has 0 radical (unpaired) electrons. The number of fused-ring (bicyclic) bond motifs is 1. The molecule has 1 saturated carbocycles. The van der Waals surface area contributed by atoms with Crippen LogP contribution in [0.15, 0.2) is 28.6 Å². The van der Waals surface area contributed by atoms with Gasteiger partial charge >= 0.3 is 0 Å². The molecule has 3 rings (SSSR count).